The predicted octanol–water partition coefficient (Wildman–Crippen LogP) is 3.76. The average molecular weight is 316 g/mol. The van der Waals surface area contributed by atoms with Crippen molar-refractivity contribution in [1.82, 2.24) is 10.4 Å². The van der Waals surface area contributed by atoms with E-state index in [1.807, 2.05) is 18.3 Å². The Morgan fingerprint density at radius 1 is 1.42 bits per heavy atom. The standard InChI is InChI=1S/C13H15Cl2N3S/c1-2-8-3-4-9(17-7-8)5-11(18-16)10-6-12(14)19-13(10)15/h3-4,6-7,11,18H,2,5,16H2,1H3. The van der Waals surface area contributed by atoms with Gasteiger partial charge in [0.2, 0.25) is 0 Å². The number of nitrogens with zero attached hydrogens (tertiary/aromatic N) is 1. The highest BCUT2D eigenvalue weighted by Crippen LogP contribution is 2.35. The minimum Gasteiger partial charge on any atom is -0.271 e. The van der Waals surface area contributed by atoms with E-state index < -0.39 is 0 Å². The van der Waals surface area contributed by atoms with Crippen molar-refractivity contribution in [1.29, 1.82) is 0 Å². The van der Waals surface area contributed by atoms with Gasteiger partial charge in [-0.3, -0.25) is 16.3 Å². The first-order valence-electron chi connectivity index (χ1n) is 5.98. The zero-order valence-electron chi connectivity index (χ0n) is 10.5. The van der Waals surface area contributed by atoms with Crippen LogP contribution in [0.3, 0.4) is 0 Å². The number of pyridine rings is 1. The van der Waals surface area contributed by atoms with Crippen LogP contribution in [0.5, 0.6) is 0 Å². The third-order valence-electron chi connectivity index (χ3n) is 2.97. The largest absolute Gasteiger partial charge is 0.271 e. The van der Waals surface area contributed by atoms with Gasteiger partial charge in [-0.2, -0.15) is 0 Å². The molecule has 1 unspecified atom stereocenters. The minimum atomic E-state index is -0.0868. The molecule has 0 spiro atoms. The quantitative estimate of drug-likeness (QED) is 0.652. The van der Waals surface area contributed by atoms with E-state index in [9.17, 15) is 0 Å². The second-order valence-corrected chi connectivity index (χ2v) is 6.50. The third-order valence-corrected chi connectivity index (χ3v) is 4.49. The molecule has 0 saturated carbocycles. The smallest absolute Gasteiger partial charge is 0.0992 e. The van der Waals surface area contributed by atoms with Crippen molar-refractivity contribution in [2.45, 2.75) is 25.8 Å². The Labute approximate surface area is 126 Å². The van der Waals surface area contributed by atoms with E-state index in [-0.39, 0.29) is 6.04 Å². The Balaban J connectivity index is 2.16. The number of aryl methyl sites for hydroxylation is 1. The molecule has 0 aromatic carbocycles. The molecule has 2 aromatic heterocycles. The first kappa shape index (κ1) is 14.8. The van der Waals surface area contributed by atoms with Crippen LogP contribution >= 0.6 is 34.5 Å². The summed E-state index contributed by atoms with van der Waals surface area (Å²) < 4.78 is 1.33. The lowest BCUT2D eigenvalue weighted by Gasteiger charge is -2.15. The monoisotopic (exact) mass is 315 g/mol. The van der Waals surface area contributed by atoms with Crippen molar-refractivity contribution in [2.24, 2.45) is 5.84 Å². The van der Waals surface area contributed by atoms with Crippen LogP contribution < -0.4 is 11.3 Å². The highest BCUT2D eigenvalue weighted by atomic mass is 35.5. The SMILES string of the molecule is CCc1ccc(CC(NN)c2cc(Cl)sc2Cl)nc1. The van der Waals surface area contributed by atoms with Crippen LogP contribution in [-0.2, 0) is 12.8 Å². The maximum atomic E-state index is 6.15. The lowest BCUT2D eigenvalue weighted by molar-refractivity contribution is 0.547. The van der Waals surface area contributed by atoms with E-state index >= 15 is 0 Å². The van der Waals surface area contributed by atoms with Crippen LogP contribution in [0.2, 0.25) is 8.67 Å². The fourth-order valence-electron chi connectivity index (χ4n) is 1.84. The Hall–Kier alpha value is -0.650. The molecule has 0 amide bonds. The van der Waals surface area contributed by atoms with Crippen molar-refractivity contribution in [3.63, 3.8) is 0 Å². The number of hydrazine groups is 1. The van der Waals surface area contributed by atoms with Gasteiger partial charge in [0, 0.05) is 23.9 Å². The molecule has 0 radical (unpaired) electrons. The molecule has 0 fully saturated rings. The molecule has 6 heteroatoms. The number of rotatable bonds is 5. The van der Waals surface area contributed by atoms with Crippen molar-refractivity contribution >= 4 is 34.5 Å². The fourth-order valence-corrected chi connectivity index (χ4v) is 3.42. The van der Waals surface area contributed by atoms with Gasteiger partial charge >= 0.3 is 0 Å². The molecule has 0 aliphatic heterocycles. The highest BCUT2D eigenvalue weighted by Gasteiger charge is 2.17. The number of thiophene rings is 1. The fraction of sp³-hybridized carbons (Fsp3) is 0.308. The number of aromatic nitrogens is 1. The molecule has 102 valence electrons. The van der Waals surface area contributed by atoms with Gasteiger partial charge < -0.3 is 0 Å². The summed E-state index contributed by atoms with van der Waals surface area (Å²) in [6.07, 6.45) is 3.55. The molecule has 19 heavy (non-hydrogen) atoms. The zero-order chi connectivity index (χ0) is 13.8. The molecule has 0 aliphatic rings. The van der Waals surface area contributed by atoms with Gasteiger partial charge in [-0.05, 0) is 24.1 Å². The zero-order valence-corrected chi connectivity index (χ0v) is 12.8. The van der Waals surface area contributed by atoms with Crippen LogP contribution in [-0.4, -0.2) is 4.98 Å². The molecule has 3 N–H and O–H groups in total. The van der Waals surface area contributed by atoms with Crippen LogP contribution in [0.1, 0.15) is 29.8 Å². The van der Waals surface area contributed by atoms with Gasteiger partial charge in [-0.25, -0.2) is 0 Å². The summed E-state index contributed by atoms with van der Waals surface area (Å²) in [4.78, 5) is 4.43. The van der Waals surface area contributed by atoms with Gasteiger partial charge in [0.25, 0.3) is 0 Å². The summed E-state index contributed by atoms with van der Waals surface area (Å²) in [5, 5.41) is 0. The van der Waals surface area contributed by atoms with Gasteiger partial charge in [0.1, 0.15) is 0 Å². The van der Waals surface area contributed by atoms with Gasteiger partial charge in [-0.1, -0.05) is 36.2 Å². The molecule has 0 saturated heterocycles. The first-order chi connectivity index (χ1) is 9.13. The Kier molecular flexibility index (Phi) is 5.19. The second kappa shape index (κ2) is 6.68. The molecule has 1 atom stereocenters. The predicted molar refractivity (Wildman–Crippen MR) is 81.7 cm³/mol. The Morgan fingerprint density at radius 3 is 2.68 bits per heavy atom. The van der Waals surface area contributed by atoms with Crippen LogP contribution in [0.4, 0.5) is 0 Å². The van der Waals surface area contributed by atoms with Gasteiger partial charge in [-0.15, -0.1) is 11.3 Å². The number of nitrogens with two attached hydrogens (primary N) is 1. The van der Waals surface area contributed by atoms with Crippen molar-refractivity contribution < 1.29 is 0 Å². The number of hydrogen-bond acceptors (Lipinski definition) is 4. The second-order valence-electron chi connectivity index (χ2n) is 4.21. The van der Waals surface area contributed by atoms with Crippen molar-refractivity contribution in [2.75, 3.05) is 0 Å². The summed E-state index contributed by atoms with van der Waals surface area (Å²) in [5.74, 6) is 5.61. The van der Waals surface area contributed by atoms with Gasteiger partial charge in [0.05, 0.1) is 14.7 Å². The van der Waals surface area contributed by atoms with E-state index in [0.29, 0.717) is 15.1 Å². The Morgan fingerprint density at radius 2 is 2.21 bits per heavy atom. The molecule has 3 nitrogen and oxygen atoms in total. The lowest BCUT2D eigenvalue weighted by Crippen LogP contribution is -2.29. The maximum absolute atomic E-state index is 6.15. The van der Waals surface area contributed by atoms with Crippen molar-refractivity contribution in [3.05, 3.63) is 49.9 Å². The Bertz CT molecular complexity index is 539. The number of hydrogen-bond donors (Lipinski definition) is 2. The lowest BCUT2D eigenvalue weighted by atomic mass is 10.0. The molecule has 0 bridgehead atoms. The summed E-state index contributed by atoms with van der Waals surface area (Å²) in [5.41, 5.74) is 5.88. The maximum Gasteiger partial charge on any atom is 0.0992 e. The van der Waals surface area contributed by atoms with E-state index in [1.54, 1.807) is 0 Å². The van der Waals surface area contributed by atoms with E-state index in [4.69, 9.17) is 29.0 Å². The molecule has 0 aliphatic carbocycles. The molecule has 2 aromatic rings. The summed E-state index contributed by atoms with van der Waals surface area (Å²) in [6.45, 7) is 2.11. The van der Waals surface area contributed by atoms with Crippen LogP contribution in [0.25, 0.3) is 0 Å². The molecular weight excluding hydrogens is 301 g/mol. The van der Waals surface area contributed by atoms with E-state index in [2.05, 4.69) is 23.4 Å². The summed E-state index contributed by atoms with van der Waals surface area (Å²) in [7, 11) is 0. The summed E-state index contributed by atoms with van der Waals surface area (Å²) >= 11 is 13.5. The van der Waals surface area contributed by atoms with Crippen LogP contribution in [0.15, 0.2) is 24.4 Å². The van der Waals surface area contributed by atoms with Crippen molar-refractivity contribution in [3.8, 4) is 0 Å². The van der Waals surface area contributed by atoms with Crippen LogP contribution in [0, 0.1) is 0 Å². The molecule has 2 rings (SSSR count). The van der Waals surface area contributed by atoms with E-state index in [1.165, 1.54) is 16.9 Å². The minimum absolute atomic E-state index is 0.0868. The third kappa shape index (κ3) is 3.68. The average Bonchev–Trinajstić information content (AvgIpc) is 2.75. The normalized spacial score (nSPS) is 12.6. The first-order valence-corrected chi connectivity index (χ1v) is 7.56. The topological polar surface area (TPSA) is 50.9 Å². The summed E-state index contributed by atoms with van der Waals surface area (Å²) in [6, 6.07) is 5.86. The highest BCUT2D eigenvalue weighted by molar-refractivity contribution is 7.20. The number of halogens is 2. The molecule has 2 heterocycles. The van der Waals surface area contributed by atoms with Gasteiger partial charge in [0.15, 0.2) is 0 Å². The molecular formula is C13H15Cl2N3S. The van der Waals surface area contributed by atoms with E-state index in [0.717, 1.165) is 17.7 Å². The number of nitrogens with one attached hydrogen (secondary N) is 1.